The fraction of sp³-hybridized carbons (Fsp3) is 0.625. The van der Waals surface area contributed by atoms with E-state index in [1.165, 1.54) is 5.56 Å². The van der Waals surface area contributed by atoms with E-state index in [9.17, 15) is 5.11 Å². The third-order valence-electron chi connectivity index (χ3n) is 4.25. The highest BCUT2D eigenvalue weighted by molar-refractivity contribution is 5.42. The molecule has 1 unspecified atom stereocenters. The SMILES string of the molecule is OC1CCCc2c(OCC3CCOCC3)cccc21. The second-order valence-corrected chi connectivity index (χ2v) is 5.60. The van der Waals surface area contributed by atoms with Crippen molar-refractivity contribution in [2.75, 3.05) is 19.8 Å². The molecule has 1 aromatic carbocycles. The number of hydrogen-bond acceptors (Lipinski definition) is 3. The molecule has 1 fully saturated rings. The summed E-state index contributed by atoms with van der Waals surface area (Å²) in [7, 11) is 0. The number of rotatable bonds is 3. The van der Waals surface area contributed by atoms with Crippen LogP contribution in [0.25, 0.3) is 0 Å². The molecule has 1 aromatic rings. The summed E-state index contributed by atoms with van der Waals surface area (Å²) in [5.74, 6) is 1.58. The highest BCUT2D eigenvalue weighted by Gasteiger charge is 2.21. The van der Waals surface area contributed by atoms with E-state index >= 15 is 0 Å². The van der Waals surface area contributed by atoms with Gasteiger partial charge in [0.05, 0.1) is 12.7 Å². The van der Waals surface area contributed by atoms with Crippen molar-refractivity contribution in [3.63, 3.8) is 0 Å². The van der Waals surface area contributed by atoms with Crippen LogP contribution < -0.4 is 4.74 Å². The van der Waals surface area contributed by atoms with Gasteiger partial charge < -0.3 is 14.6 Å². The first-order valence-corrected chi connectivity index (χ1v) is 7.35. The van der Waals surface area contributed by atoms with Gasteiger partial charge in [-0.05, 0) is 55.2 Å². The van der Waals surface area contributed by atoms with Gasteiger partial charge in [-0.1, -0.05) is 12.1 Å². The highest BCUT2D eigenvalue weighted by atomic mass is 16.5. The van der Waals surface area contributed by atoms with E-state index in [4.69, 9.17) is 9.47 Å². The van der Waals surface area contributed by atoms with Crippen molar-refractivity contribution < 1.29 is 14.6 Å². The van der Waals surface area contributed by atoms with Gasteiger partial charge in [0, 0.05) is 13.2 Å². The number of benzene rings is 1. The van der Waals surface area contributed by atoms with Gasteiger partial charge in [-0.25, -0.2) is 0 Å². The summed E-state index contributed by atoms with van der Waals surface area (Å²) >= 11 is 0. The lowest BCUT2D eigenvalue weighted by molar-refractivity contribution is 0.0494. The maximum absolute atomic E-state index is 10.0. The van der Waals surface area contributed by atoms with Crippen LogP contribution in [0.5, 0.6) is 5.75 Å². The Bertz CT molecular complexity index is 424. The van der Waals surface area contributed by atoms with Gasteiger partial charge in [-0.2, -0.15) is 0 Å². The molecule has 0 aromatic heterocycles. The summed E-state index contributed by atoms with van der Waals surface area (Å²) in [6.07, 6.45) is 4.82. The second-order valence-electron chi connectivity index (χ2n) is 5.60. The molecule has 0 radical (unpaired) electrons. The Morgan fingerprint density at radius 3 is 2.89 bits per heavy atom. The third-order valence-corrected chi connectivity index (χ3v) is 4.25. The van der Waals surface area contributed by atoms with Crippen LogP contribution in [-0.4, -0.2) is 24.9 Å². The van der Waals surface area contributed by atoms with Gasteiger partial charge in [0.25, 0.3) is 0 Å². The first-order valence-electron chi connectivity index (χ1n) is 7.35. The minimum absolute atomic E-state index is 0.310. The smallest absolute Gasteiger partial charge is 0.122 e. The topological polar surface area (TPSA) is 38.7 Å². The maximum atomic E-state index is 10.0. The average Bonchev–Trinajstić information content (AvgIpc) is 2.47. The number of ether oxygens (including phenoxy) is 2. The van der Waals surface area contributed by atoms with Crippen LogP contribution in [-0.2, 0) is 11.2 Å². The van der Waals surface area contributed by atoms with Crippen LogP contribution in [0, 0.1) is 5.92 Å². The van der Waals surface area contributed by atoms with Gasteiger partial charge in [0.1, 0.15) is 5.75 Å². The van der Waals surface area contributed by atoms with Crippen molar-refractivity contribution in [3.8, 4) is 5.75 Å². The molecule has 19 heavy (non-hydrogen) atoms. The minimum atomic E-state index is -0.310. The van der Waals surface area contributed by atoms with Crippen molar-refractivity contribution in [2.45, 2.75) is 38.2 Å². The Hall–Kier alpha value is -1.06. The Labute approximate surface area is 114 Å². The molecule has 3 heteroatoms. The summed E-state index contributed by atoms with van der Waals surface area (Å²) in [6.45, 7) is 2.50. The number of fused-ring (bicyclic) bond motifs is 1. The summed E-state index contributed by atoms with van der Waals surface area (Å²) < 4.78 is 11.4. The minimum Gasteiger partial charge on any atom is -0.493 e. The van der Waals surface area contributed by atoms with Crippen molar-refractivity contribution in [1.82, 2.24) is 0 Å². The van der Waals surface area contributed by atoms with E-state index in [1.54, 1.807) is 0 Å². The molecule has 104 valence electrons. The predicted octanol–water partition coefficient (Wildman–Crippen LogP) is 2.86. The standard InChI is InChI=1S/C16H22O3/c17-15-5-1-4-14-13(15)3-2-6-16(14)19-11-12-7-9-18-10-8-12/h2-3,6,12,15,17H,1,4-5,7-11H2. The monoisotopic (exact) mass is 262 g/mol. The molecule has 1 aliphatic heterocycles. The van der Waals surface area contributed by atoms with Crippen molar-refractivity contribution in [2.24, 2.45) is 5.92 Å². The molecule has 1 heterocycles. The van der Waals surface area contributed by atoms with Gasteiger partial charge in [-0.3, -0.25) is 0 Å². The molecule has 3 nitrogen and oxygen atoms in total. The maximum Gasteiger partial charge on any atom is 0.122 e. The van der Waals surface area contributed by atoms with Crippen LogP contribution in [0.2, 0.25) is 0 Å². The number of aliphatic hydroxyl groups is 1. The molecule has 1 aliphatic carbocycles. The van der Waals surface area contributed by atoms with E-state index in [-0.39, 0.29) is 6.10 Å². The summed E-state index contributed by atoms with van der Waals surface area (Å²) in [5.41, 5.74) is 2.28. The lowest BCUT2D eigenvalue weighted by atomic mass is 9.89. The van der Waals surface area contributed by atoms with E-state index in [1.807, 2.05) is 18.2 Å². The Morgan fingerprint density at radius 2 is 2.05 bits per heavy atom. The molecule has 0 saturated carbocycles. The molecule has 0 spiro atoms. The van der Waals surface area contributed by atoms with Crippen molar-refractivity contribution >= 4 is 0 Å². The van der Waals surface area contributed by atoms with Crippen LogP contribution in [0.1, 0.15) is 42.9 Å². The predicted molar refractivity (Wildman–Crippen MR) is 73.4 cm³/mol. The van der Waals surface area contributed by atoms with Gasteiger partial charge in [0.15, 0.2) is 0 Å². The summed E-state index contributed by atoms with van der Waals surface area (Å²) in [4.78, 5) is 0. The lowest BCUT2D eigenvalue weighted by Crippen LogP contribution is -2.22. The van der Waals surface area contributed by atoms with Gasteiger partial charge in [-0.15, -0.1) is 0 Å². The molecule has 3 rings (SSSR count). The van der Waals surface area contributed by atoms with E-state index in [0.29, 0.717) is 5.92 Å². The Balaban J connectivity index is 1.69. The van der Waals surface area contributed by atoms with Crippen molar-refractivity contribution in [1.29, 1.82) is 0 Å². The number of hydrogen-bond donors (Lipinski definition) is 1. The quantitative estimate of drug-likeness (QED) is 0.910. The average molecular weight is 262 g/mol. The molecule has 1 atom stereocenters. The Morgan fingerprint density at radius 1 is 1.21 bits per heavy atom. The molecular weight excluding hydrogens is 240 g/mol. The van der Waals surface area contributed by atoms with Crippen molar-refractivity contribution in [3.05, 3.63) is 29.3 Å². The molecule has 0 bridgehead atoms. The molecule has 1 saturated heterocycles. The first-order chi connectivity index (χ1) is 9.34. The normalized spacial score (nSPS) is 23.9. The fourth-order valence-corrected chi connectivity index (χ4v) is 3.05. The highest BCUT2D eigenvalue weighted by Crippen LogP contribution is 2.35. The Kier molecular flexibility index (Phi) is 4.04. The fourth-order valence-electron chi connectivity index (χ4n) is 3.05. The molecular formula is C16H22O3. The van der Waals surface area contributed by atoms with E-state index in [0.717, 1.165) is 63.2 Å². The zero-order chi connectivity index (χ0) is 13.1. The summed E-state index contributed by atoms with van der Waals surface area (Å²) in [5, 5.41) is 10.0. The molecule has 0 amide bonds. The first kappa shape index (κ1) is 12.9. The van der Waals surface area contributed by atoms with Crippen LogP contribution in [0.15, 0.2) is 18.2 Å². The zero-order valence-electron chi connectivity index (χ0n) is 11.3. The second kappa shape index (κ2) is 5.93. The lowest BCUT2D eigenvalue weighted by Gasteiger charge is -2.26. The largest absolute Gasteiger partial charge is 0.493 e. The van der Waals surface area contributed by atoms with Gasteiger partial charge >= 0.3 is 0 Å². The molecule has 2 aliphatic rings. The summed E-state index contributed by atoms with van der Waals surface area (Å²) in [6, 6.07) is 6.06. The van der Waals surface area contributed by atoms with Crippen LogP contribution in [0.4, 0.5) is 0 Å². The van der Waals surface area contributed by atoms with Gasteiger partial charge in [0.2, 0.25) is 0 Å². The third kappa shape index (κ3) is 2.93. The van der Waals surface area contributed by atoms with E-state index < -0.39 is 0 Å². The van der Waals surface area contributed by atoms with Crippen LogP contribution >= 0.6 is 0 Å². The molecule has 1 N–H and O–H groups in total. The van der Waals surface area contributed by atoms with E-state index in [2.05, 4.69) is 0 Å². The number of aliphatic hydroxyl groups excluding tert-OH is 1. The van der Waals surface area contributed by atoms with Crippen LogP contribution in [0.3, 0.4) is 0 Å². The zero-order valence-corrected chi connectivity index (χ0v) is 11.3.